The first-order valence-electron chi connectivity index (χ1n) is 4.05. The average Bonchev–Trinajstić information content (AvgIpc) is 2.09. The molecule has 0 radical (unpaired) electrons. The van der Waals surface area contributed by atoms with Crippen LogP contribution in [0.1, 0.15) is 6.42 Å². The Bertz CT molecular complexity index is 363. The topological polar surface area (TPSA) is 146 Å². The molecule has 0 aromatic heterocycles. The minimum atomic E-state index is -3.09. The van der Waals surface area contributed by atoms with Crippen LogP contribution in [0, 0.1) is 11.8 Å². The SMILES string of the molecule is O=C(O)CC(C(=O)O)C(CP(=O)=O)C(=O)O. The highest BCUT2D eigenvalue weighted by Crippen LogP contribution is 2.23. The van der Waals surface area contributed by atoms with E-state index in [4.69, 9.17) is 15.3 Å². The third kappa shape index (κ3) is 4.70. The van der Waals surface area contributed by atoms with Gasteiger partial charge in [0.15, 0.2) is 0 Å². The first-order valence-corrected chi connectivity index (χ1v) is 5.41. The van der Waals surface area contributed by atoms with Crippen LogP contribution in [0.5, 0.6) is 0 Å². The fourth-order valence-electron chi connectivity index (χ4n) is 1.13. The summed E-state index contributed by atoms with van der Waals surface area (Å²) in [6, 6.07) is 0. The van der Waals surface area contributed by atoms with E-state index in [1.165, 1.54) is 0 Å². The first kappa shape index (κ1) is 14.3. The summed E-state index contributed by atoms with van der Waals surface area (Å²) in [4.78, 5) is 31.6. The summed E-state index contributed by atoms with van der Waals surface area (Å²) in [7, 11) is -3.09. The van der Waals surface area contributed by atoms with Crippen LogP contribution in [0.25, 0.3) is 0 Å². The average molecular weight is 252 g/mol. The van der Waals surface area contributed by atoms with E-state index in [-0.39, 0.29) is 0 Å². The van der Waals surface area contributed by atoms with Crippen molar-refractivity contribution >= 4 is 25.6 Å². The zero-order chi connectivity index (χ0) is 12.9. The second-order valence-corrected chi connectivity index (χ2v) is 4.03. The highest BCUT2D eigenvalue weighted by atomic mass is 31.1. The molecular formula is C7H9O8P. The Hall–Kier alpha value is -1.69. The second-order valence-electron chi connectivity index (χ2n) is 3.00. The van der Waals surface area contributed by atoms with Crippen LogP contribution in [0.3, 0.4) is 0 Å². The van der Waals surface area contributed by atoms with Crippen LogP contribution in [0.15, 0.2) is 0 Å². The standard InChI is InChI=1S/C7H9O8P/c8-5(9)1-3(6(10)11)4(7(12)13)2-16(14)15/h3-4H,1-2H2,(H,8,9)(H,10,11)(H,12,13). The summed E-state index contributed by atoms with van der Waals surface area (Å²) < 4.78 is 20.7. The van der Waals surface area contributed by atoms with Crippen LogP contribution in [-0.4, -0.2) is 39.4 Å². The molecule has 0 bridgehead atoms. The van der Waals surface area contributed by atoms with Crippen molar-refractivity contribution in [2.75, 3.05) is 6.16 Å². The van der Waals surface area contributed by atoms with E-state index in [9.17, 15) is 23.5 Å². The molecule has 9 heteroatoms. The Labute approximate surface area is 89.7 Å². The van der Waals surface area contributed by atoms with Crippen LogP contribution in [-0.2, 0) is 23.5 Å². The van der Waals surface area contributed by atoms with Gasteiger partial charge in [-0.1, -0.05) is 0 Å². The Kier molecular flexibility index (Phi) is 5.38. The Morgan fingerprint density at radius 2 is 1.38 bits per heavy atom. The fraction of sp³-hybridized carbons (Fsp3) is 0.571. The minimum absolute atomic E-state index is 0.894. The monoisotopic (exact) mass is 252 g/mol. The number of aliphatic carboxylic acids is 3. The summed E-state index contributed by atoms with van der Waals surface area (Å²) in [5.41, 5.74) is 0. The molecule has 0 aromatic carbocycles. The molecule has 2 unspecified atom stereocenters. The zero-order valence-electron chi connectivity index (χ0n) is 7.90. The molecule has 0 rings (SSSR count). The van der Waals surface area contributed by atoms with Gasteiger partial charge < -0.3 is 15.3 Å². The van der Waals surface area contributed by atoms with Gasteiger partial charge >= 0.3 is 25.6 Å². The summed E-state index contributed by atoms with van der Waals surface area (Å²) in [6.07, 6.45) is -1.83. The van der Waals surface area contributed by atoms with E-state index in [0.717, 1.165) is 0 Å². The second kappa shape index (κ2) is 6.02. The number of rotatable bonds is 7. The lowest BCUT2D eigenvalue weighted by Gasteiger charge is -2.15. The van der Waals surface area contributed by atoms with Crippen LogP contribution >= 0.6 is 7.68 Å². The molecule has 2 atom stereocenters. The molecule has 0 aliphatic heterocycles. The van der Waals surface area contributed by atoms with Crippen molar-refractivity contribution in [3.05, 3.63) is 0 Å². The molecule has 0 fully saturated rings. The minimum Gasteiger partial charge on any atom is -0.481 e. The molecule has 0 saturated heterocycles. The number of carboxylic acids is 3. The van der Waals surface area contributed by atoms with Gasteiger partial charge in [-0.3, -0.25) is 14.4 Å². The summed E-state index contributed by atoms with van der Waals surface area (Å²) in [6.45, 7) is 0. The van der Waals surface area contributed by atoms with Crippen molar-refractivity contribution < 1.29 is 38.8 Å². The largest absolute Gasteiger partial charge is 0.481 e. The molecule has 8 nitrogen and oxygen atoms in total. The third-order valence-electron chi connectivity index (χ3n) is 1.86. The van der Waals surface area contributed by atoms with Crippen molar-refractivity contribution in [1.29, 1.82) is 0 Å². The van der Waals surface area contributed by atoms with Crippen LogP contribution in [0.4, 0.5) is 0 Å². The van der Waals surface area contributed by atoms with Gasteiger partial charge in [0, 0.05) is 0 Å². The van der Waals surface area contributed by atoms with Gasteiger partial charge in [-0.2, -0.15) is 0 Å². The van der Waals surface area contributed by atoms with Crippen molar-refractivity contribution in [1.82, 2.24) is 0 Å². The van der Waals surface area contributed by atoms with E-state index in [1.54, 1.807) is 0 Å². The maximum atomic E-state index is 10.6. The summed E-state index contributed by atoms with van der Waals surface area (Å²) in [5, 5.41) is 25.7. The molecule has 0 saturated carbocycles. The molecule has 0 spiro atoms. The number of carbonyl (C=O) groups is 3. The van der Waals surface area contributed by atoms with Gasteiger partial charge in [-0.05, 0) is 0 Å². The number of carboxylic acid groups (broad SMARTS) is 3. The Balaban J connectivity index is 5.01. The van der Waals surface area contributed by atoms with E-state index >= 15 is 0 Å². The maximum absolute atomic E-state index is 10.6. The van der Waals surface area contributed by atoms with Crippen molar-refractivity contribution in [2.24, 2.45) is 11.8 Å². The maximum Gasteiger partial charge on any atom is 0.316 e. The van der Waals surface area contributed by atoms with Crippen LogP contribution in [0.2, 0.25) is 0 Å². The quantitative estimate of drug-likeness (QED) is 0.538. The highest BCUT2D eigenvalue weighted by Gasteiger charge is 2.36. The Morgan fingerprint density at radius 3 is 1.62 bits per heavy atom. The van der Waals surface area contributed by atoms with E-state index < -0.39 is 50.0 Å². The first-order chi connectivity index (χ1) is 7.25. The van der Waals surface area contributed by atoms with Crippen molar-refractivity contribution in [3.8, 4) is 0 Å². The van der Waals surface area contributed by atoms with Gasteiger partial charge in [-0.25, -0.2) is 9.13 Å². The molecule has 0 aliphatic rings. The van der Waals surface area contributed by atoms with Gasteiger partial charge in [0.05, 0.1) is 24.4 Å². The van der Waals surface area contributed by atoms with E-state index in [2.05, 4.69) is 0 Å². The molecule has 0 amide bonds. The molecule has 0 aliphatic carbocycles. The lowest BCUT2D eigenvalue weighted by atomic mass is 9.91. The van der Waals surface area contributed by atoms with Gasteiger partial charge in [-0.15, -0.1) is 0 Å². The van der Waals surface area contributed by atoms with E-state index in [1.807, 2.05) is 0 Å². The van der Waals surface area contributed by atoms with Gasteiger partial charge in [0.25, 0.3) is 0 Å². The van der Waals surface area contributed by atoms with Gasteiger partial charge in [0.2, 0.25) is 0 Å². The number of hydrogen-bond donors (Lipinski definition) is 3. The van der Waals surface area contributed by atoms with Crippen LogP contribution < -0.4 is 0 Å². The highest BCUT2D eigenvalue weighted by molar-refractivity contribution is 7.30. The zero-order valence-corrected chi connectivity index (χ0v) is 8.79. The Morgan fingerprint density at radius 1 is 0.938 bits per heavy atom. The fourth-order valence-corrected chi connectivity index (χ4v) is 1.86. The predicted octanol–water partition coefficient (Wildman–Crippen LogP) is 0.0356. The van der Waals surface area contributed by atoms with Gasteiger partial charge in [0.1, 0.15) is 0 Å². The summed E-state index contributed by atoms with van der Waals surface area (Å²) >= 11 is 0. The predicted molar refractivity (Wildman–Crippen MR) is 47.7 cm³/mol. The molecule has 3 N–H and O–H groups in total. The molecule has 0 aromatic rings. The molecule has 0 heterocycles. The smallest absolute Gasteiger partial charge is 0.316 e. The number of hydrogen-bond acceptors (Lipinski definition) is 5. The third-order valence-corrected chi connectivity index (χ3v) is 2.55. The molecular weight excluding hydrogens is 243 g/mol. The van der Waals surface area contributed by atoms with Crippen molar-refractivity contribution in [3.63, 3.8) is 0 Å². The molecule has 90 valence electrons. The lowest BCUT2D eigenvalue weighted by Crippen LogP contribution is -2.33. The normalized spacial score (nSPS) is 13.8. The van der Waals surface area contributed by atoms with E-state index in [0.29, 0.717) is 0 Å². The lowest BCUT2D eigenvalue weighted by molar-refractivity contribution is -0.156. The van der Waals surface area contributed by atoms with Crippen molar-refractivity contribution in [2.45, 2.75) is 6.42 Å². The molecule has 16 heavy (non-hydrogen) atoms. The summed E-state index contributed by atoms with van der Waals surface area (Å²) in [5.74, 6) is -8.31.